The third kappa shape index (κ3) is 2.57. The second-order valence-corrected chi connectivity index (χ2v) is 4.52. The van der Waals surface area contributed by atoms with Crippen molar-refractivity contribution in [2.45, 2.75) is 12.1 Å². The number of aromatic nitrogens is 2. The van der Waals surface area contributed by atoms with E-state index < -0.39 is 0 Å². The van der Waals surface area contributed by atoms with E-state index in [-0.39, 0.29) is 0 Å². The van der Waals surface area contributed by atoms with Crippen molar-refractivity contribution in [1.82, 2.24) is 9.97 Å². The maximum Gasteiger partial charge on any atom is 0.189 e. The van der Waals surface area contributed by atoms with Gasteiger partial charge in [-0.2, -0.15) is 0 Å². The number of aryl methyl sites for hydroxylation is 1. The molecule has 0 aliphatic rings. The van der Waals surface area contributed by atoms with Gasteiger partial charge in [0.2, 0.25) is 0 Å². The van der Waals surface area contributed by atoms with Gasteiger partial charge >= 0.3 is 0 Å². The lowest BCUT2D eigenvalue weighted by molar-refractivity contribution is 0.942. The molecule has 88 valence electrons. The molecule has 0 fully saturated rings. The molecule has 4 N–H and O–H groups in total. The van der Waals surface area contributed by atoms with Crippen molar-refractivity contribution in [3.63, 3.8) is 0 Å². The van der Waals surface area contributed by atoms with Crippen molar-refractivity contribution in [1.29, 1.82) is 0 Å². The molecule has 0 spiro atoms. The van der Waals surface area contributed by atoms with Crippen LogP contribution in [0.15, 0.2) is 35.5 Å². The Balaban J connectivity index is 2.53. The van der Waals surface area contributed by atoms with Crippen molar-refractivity contribution < 1.29 is 0 Å². The van der Waals surface area contributed by atoms with Gasteiger partial charge in [0.1, 0.15) is 0 Å². The summed E-state index contributed by atoms with van der Waals surface area (Å²) in [5, 5.41) is 0.665. The molecule has 0 bridgehead atoms. The van der Waals surface area contributed by atoms with Crippen molar-refractivity contribution in [2.24, 2.45) is 5.73 Å². The summed E-state index contributed by atoms with van der Waals surface area (Å²) in [6, 6.07) is 9.84. The van der Waals surface area contributed by atoms with E-state index >= 15 is 0 Å². The van der Waals surface area contributed by atoms with Crippen LogP contribution in [0.1, 0.15) is 5.69 Å². The fourth-order valence-corrected chi connectivity index (χ4v) is 2.02. The van der Waals surface area contributed by atoms with Crippen molar-refractivity contribution in [3.8, 4) is 11.3 Å². The number of rotatable bonds is 3. The van der Waals surface area contributed by atoms with Crippen LogP contribution in [-0.4, -0.2) is 15.8 Å². The zero-order chi connectivity index (χ0) is 12.3. The predicted molar refractivity (Wildman–Crippen MR) is 71.5 cm³/mol. The van der Waals surface area contributed by atoms with E-state index in [4.69, 9.17) is 11.5 Å². The predicted octanol–water partition coefficient (Wildman–Crippen LogP) is 2.04. The summed E-state index contributed by atoms with van der Waals surface area (Å²) in [5.41, 5.74) is 14.7. The summed E-state index contributed by atoms with van der Waals surface area (Å²) in [6.07, 6.45) is 0. The lowest BCUT2D eigenvalue weighted by atomic mass is 10.1. The Labute approximate surface area is 104 Å². The van der Waals surface area contributed by atoms with Crippen LogP contribution in [0.3, 0.4) is 0 Å². The third-order valence-corrected chi connectivity index (χ3v) is 2.98. The van der Waals surface area contributed by atoms with Gasteiger partial charge in [-0.15, -0.1) is 0 Å². The first-order chi connectivity index (χ1) is 8.22. The largest absolute Gasteiger partial charge is 0.395 e. The first-order valence-electron chi connectivity index (χ1n) is 5.24. The maximum atomic E-state index is 6.01. The molecule has 17 heavy (non-hydrogen) atoms. The molecule has 4 nitrogen and oxygen atoms in total. The van der Waals surface area contributed by atoms with Crippen LogP contribution < -0.4 is 11.5 Å². The van der Waals surface area contributed by atoms with Gasteiger partial charge in [-0.25, -0.2) is 9.97 Å². The van der Waals surface area contributed by atoms with Crippen LogP contribution in [-0.2, 0) is 0 Å². The van der Waals surface area contributed by atoms with Gasteiger partial charge in [0, 0.05) is 11.4 Å². The van der Waals surface area contributed by atoms with E-state index in [0.29, 0.717) is 16.7 Å². The van der Waals surface area contributed by atoms with Crippen LogP contribution in [0.25, 0.3) is 11.3 Å². The third-order valence-electron chi connectivity index (χ3n) is 2.38. The molecule has 2 rings (SSSR count). The van der Waals surface area contributed by atoms with Crippen molar-refractivity contribution in [2.75, 3.05) is 11.6 Å². The van der Waals surface area contributed by atoms with E-state index in [9.17, 15) is 0 Å². The molecule has 0 atom stereocenters. The molecule has 0 saturated carbocycles. The second-order valence-electron chi connectivity index (χ2n) is 3.53. The summed E-state index contributed by atoms with van der Waals surface area (Å²) < 4.78 is 0. The van der Waals surface area contributed by atoms with Gasteiger partial charge in [0.25, 0.3) is 0 Å². The van der Waals surface area contributed by atoms with Gasteiger partial charge in [-0.3, -0.25) is 0 Å². The molecule has 0 aliphatic heterocycles. The number of thioether (sulfide) groups is 1. The second kappa shape index (κ2) is 5.16. The monoisotopic (exact) mass is 246 g/mol. The number of hydrogen-bond donors (Lipinski definition) is 2. The summed E-state index contributed by atoms with van der Waals surface area (Å²) >= 11 is 1.41. The Bertz CT molecular complexity index is 513. The summed E-state index contributed by atoms with van der Waals surface area (Å²) in [5.74, 6) is 0.456. The molecule has 5 heteroatoms. The van der Waals surface area contributed by atoms with E-state index in [1.165, 1.54) is 11.8 Å². The normalized spacial score (nSPS) is 10.5. The number of nitrogens with two attached hydrogens (primary N) is 2. The number of nitrogens with zero attached hydrogens (tertiary/aromatic N) is 2. The zero-order valence-electron chi connectivity index (χ0n) is 9.55. The van der Waals surface area contributed by atoms with Crippen LogP contribution in [0, 0.1) is 6.92 Å². The molecule has 1 aromatic heterocycles. The van der Waals surface area contributed by atoms with Crippen LogP contribution in [0.5, 0.6) is 0 Å². The fraction of sp³-hybridized carbons (Fsp3) is 0.167. The molecule has 1 heterocycles. The SMILES string of the molecule is Cc1nc(SCN)nc(-c2ccccc2)c1N. The summed E-state index contributed by atoms with van der Waals surface area (Å²) in [7, 11) is 0. The number of anilines is 1. The van der Waals surface area contributed by atoms with Crippen LogP contribution in [0.2, 0.25) is 0 Å². The standard InChI is InChI=1S/C12H14N4S/c1-8-10(14)11(9-5-3-2-4-6-9)16-12(15-8)17-7-13/h2-6H,7,13-14H2,1H3. The van der Waals surface area contributed by atoms with Gasteiger partial charge in [0.15, 0.2) is 5.16 Å². The number of benzene rings is 1. The Hall–Kier alpha value is -1.59. The van der Waals surface area contributed by atoms with Gasteiger partial charge < -0.3 is 11.5 Å². The molecule has 1 aromatic carbocycles. The minimum atomic E-state index is 0.456. The summed E-state index contributed by atoms with van der Waals surface area (Å²) in [4.78, 5) is 8.74. The number of nitrogen functional groups attached to an aromatic ring is 1. The first kappa shape index (κ1) is 11.9. The highest BCUT2D eigenvalue weighted by Gasteiger charge is 2.10. The molecule has 0 unspecified atom stereocenters. The molecular weight excluding hydrogens is 232 g/mol. The van der Waals surface area contributed by atoms with E-state index in [1.54, 1.807) is 0 Å². The first-order valence-corrected chi connectivity index (χ1v) is 6.23. The van der Waals surface area contributed by atoms with Gasteiger partial charge in [-0.1, -0.05) is 42.1 Å². The highest BCUT2D eigenvalue weighted by Crippen LogP contribution is 2.27. The highest BCUT2D eigenvalue weighted by molar-refractivity contribution is 7.99. The van der Waals surface area contributed by atoms with E-state index in [1.807, 2.05) is 37.3 Å². The highest BCUT2D eigenvalue weighted by atomic mass is 32.2. The molecular formula is C12H14N4S. The lowest BCUT2D eigenvalue weighted by Crippen LogP contribution is -2.03. The quantitative estimate of drug-likeness (QED) is 0.492. The molecule has 2 aromatic rings. The van der Waals surface area contributed by atoms with Crippen molar-refractivity contribution in [3.05, 3.63) is 36.0 Å². The molecule has 0 radical (unpaired) electrons. The summed E-state index contributed by atoms with van der Waals surface area (Å²) in [6.45, 7) is 1.88. The Morgan fingerprint density at radius 3 is 2.53 bits per heavy atom. The number of hydrogen-bond acceptors (Lipinski definition) is 5. The average molecular weight is 246 g/mol. The van der Waals surface area contributed by atoms with E-state index in [0.717, 1.165) is 17.0 Å². The molecule has 0 amide bonds. The smallest absolute Gasteiger partial charge is 0.189 e. The molecule has 0 saturated heterocycles. The van der Waals surface area contributed by atoms with Crippen LogP contribution >= 0.6 is 11.8 Å². The van der Waals surface area contributed by atoms with Gasteiger partial charge in [0.05, 0.1) is 17.1 Å². The Morgan fingerprint density at radius 2 is 1.88 bits per heavy atom. The topological polar surface area (TPSA) is 77.8 Å². The molecule has 0 aliphatic carbocycles. The maximum absolute atomic E-state index is 6.01. The Kier molecular flexibility index (Phi) is 3.61. The van der Waals surface area contributed by atoms with Crippen molar-refractivity contribution >= 4 is 17.4 Å². The van der Waals surface area contributed by atoms with Crippen LogP contribution in [0.4, 0.5) is 5.69 Å². The minimum Gasteiger partial charge on any atom is -0.395 e. The Morgan fingerprint density at radius 1 is 1.18 bits per heavy atom. The fourth-order valence-electron chi connectivity index (χ4n) is 1.51. The zero-order valence-corrected chi connectivity index (χ0v) is 10.4. The van der Waals surface area contributed by atoms with Gasteiger partial charge in [-0.05, 0) is 6.92 Å². The van der Waals surface area contributed by atoms with E-state index in [2.05, 4.69) is 9.97 Å². The minimum absolute atomic E-state index is 0.456. The average Bonchev–Trinajstić information content (AvgIpc) is 2.35. The lowest BCUT2D eigenvalue weighted by Gasteiger charge is -2.09.